The molecule has 0 aliphatic carbocycles. The Kier molecular flexibility index (Phi) is 3.41. The van der Waals surface area contributed by atoms with Crippen molar-refractivity contribution in [3.8, 4) is 5.69 Å². The van der Waals surface area contributed by atoms with Gasteiger partial charge < -0.3 is 4.74 Å². The normalized spacial score (nSPS) is 10.4. The molecule has 2 aromatic rings. The molecule has 0 aliphatic heterocycles. The van der Waals surface area contributed by atoms with Crippen LogP contribution in [0, 0.1) is 12.7 Å². The summed E-state index contributed by atoms with van der Waals surface area (Å²) in [5.41, 5.74) is 1.48. The summed E-state index contributed by atoms with van der Waals surface area (Å²) in [6.07, 6.45) is 2.91. The first-order valence-electron chi connectivity index (χ1n) is 5.60. The van der Waals surface area contributed by atoms with Gasteiger partial charge in [0.25, 0.3) is 0 Å². The summed E-state index contributed by atoms with van der Waals surface area (Å²) in [4.78, 5) is 11.5. The van der Waals surface area contributed by atoms with Crippen LogP contribution in [0.4, 0.5) is 4.39 Å². The Morgan fingerprint density at radius 3 is 2.94 bits per heavy atom. The number of nitrogens with zero attached hydrogens (tertiary/aromatic N) is 2. The van der Waals surface area contributed by atoms with E-state index >= 15 is 0 Å². The molecule has 0 radical (unpaired) electrons. The Morgan fingerprint density at radius 1 is 1.50 bits per heavy atom. The van der Waals surface area contributed by atoms with Crippen LogP contribution in [0.3, 0.4) is 0 Å². The molecular formula is C13H13FN2O2. The summed E-state index contributed by atoms with van der Waals surface area (Å²) in [6, 6.07) is 4.77. The van der Waals surface area contributed by atoms with Crippen LogP contribution in [-0.2, 0) is 4.74 Å². The van der Waals surface area contributed by atoms with E-state index in [-0.39, 0.29) is 5.82 Å². The van der Waals surface area contributed by atoms with Crippen molar-refractivity contribution in [1.82, 2.24) is 9.78 Å². The summed E-state index contributed by atoms with van der Waals surface area (Å²) in [6.45, 7) is 3.73. The van der Waals surface area contributed by atoms with Crippen molar-refractivity contribution >= 4 is 5.97 Å². The summed E-state index contributed by atoms with van der Waals surface area (Å²) >= 11 is 0. The first kappa shape index (κ1) is 12.3. The molecule has 1 aromatic carbocycles. The quantitative estimate of drug-likeness (QED) is 0.784. The molecule has 0 unspecified atom stereocenters. The summed E-state index contributed by atoms with van der Waals surface area (Å²) in [7, 11) is 0. The molecule has 1 heterocycles. The second-order valence-corrected chi connectivity index (χ2v) is 3.83. The molecule has 94 valence electrons. The number of hydrogen-bond acceptors (Lipinski definition) is 3. The Bertz CT molecular complexity index is 578. The highest BCUT2D eigenvalue weighted by atomic mass is 19.1. The molecule has 2 rings (SSSR count). The van der Waals surface area contributed by atoms with E-state index in [1.54, 1.807) is 26.0 Å². The molecule has 4 nitrogen and oxygen atoms in total. The highest BCUT2D eigenvalue weighted by Gasteiger charge is 2.10. The topological polar surface area (TPSA) is 44.1 Å². The monoisotopic (exact) mass is 248 g/mol. The van der Waals surface area contributed by atoms with Crippen LogP contribution >= 0.6 is 0 Å². The van der Waals surface area contributed by atoms with Crippen LogP contribution in [0.2, 0.25) is 0 Å². The van der Waals surface area contributed by atoms with E-state index in [0.29, 0.717) is 23.4 Å². The van der Waals surface area contributed by atoms with Crippen molar-refractivity contribution in [3.63, 3.8) is 0 Å². The maximum absolute atomic E-state index is 13.4. The van der Waals surface area contributed by atoms with Gasteiger partial charge in [-0.25, -0.2) is 13.9 Å². The molecule has 0 atom stereocenters. The third-order valence-corrected chi connectivity index (χ3v) is 2.51. The second kappa shape index (κ2) is 5.00. The van der Waals surface area contributed by atoms with Gasteiger partial charge in [-0.15, -0.1) is 0 Å². The summed E-state index contributed by atoms with van der Waals surface area (Å²) in [5.74, 6) is -0.739. The van der Waals surface area contributed by atoms with Crippen LogP contribution in [0.25, 0.3) is 5.69 Å². The molecule has 0 saturated heterocycles. The van der Waals surface area contributed by atoms with Gasteiger partial charge in [0.15, 0.2) is 0 Å². The van der Waals surface area contributed by atoms with E-state index in [1.165, 1.54) is 23.1 Å². The highest BCUT2D eigenvalue weighted by Crippen LogP contribution is 2.13. The van der Waals surface area contributed by atoms with Gasteiger partial charge in [-0.05, 0) is 31.5 Å². The fraction of sp³-hybridized carbons (Fsp3) is 0.231. The van der Waals surface area contributed by atoms with E-state index in [4.69, 9.17) is 4.74 Å². The van der Waals surface area contributed by atoms with E-state index in [0.717, 1.165) is 0 Å². The van der Waals surface area contributed by atoms with Crippen molar-refractivity contribution in [2.75, 3.05) is 6.61 Å². The molecule has 1 aromatic heterocycles. The summed E-state index contributed by atoms with van der Waals surface area (Å²) in [5, 5.41) is 4.01. The fourth-order valence-electron chi connectivity index (χ4n) is 1.51. The van der Waals surface area contributed by atoms with Gasteiger partial charge in [0.1, 0.15) is 5.82 Å². The zero-order chi connectivity index (χ0) is 13.1. The van der Waals surface area contributed by atoms with Crippen LogP contribution in [0.5, 0.6) is 0 Å². The van der Waals surface area contributed by atoms with Gasteiger partial charge in [0.2, 0.25) is 0 Å². The number of halogens is 1. The first-order chi connectivity index (χ1) is 8.61. The predicted molar refractivity (Wildman–Crippen MR) is 64.2 cm³/mol. The average Bonchev–Trinajstić information content (AvgIpc) is 2.82. The molecule has 5 heteroatoms. The van der Waals surface area contributed by atoms with E-state index in [9.17, 15) is 9.18 Å². The molecule has 0 fully saturated rings. The van der Waals surface area contributed by atoms with Gasteiger partial charge in [-0.1, -0.05) is 6.07 Å². The number of benzene rings is 1. The van der Waals surface area contributed by atoms with Gasteiger partial charge in [0.05, 0.1) is 24.1 Å². The molecular weight excluding hydrogens is 235 g/mol. The largest absolute Gasteiger partial charge is 0.462 e. The Morgan fingerprint density at radius 2 is 2.28 bits per heavy atom. The molecule has 0 bridgehead atoms. The zero-order valence-electron chi connectivity index (χ0n) is 10.2. The number of esters is 1. The molecule has 0 N–H and O–H groups in total. The smallest absolute Gasteiger partial charge is 0.341 e. The Hall–Kier alpha value is -2.17. The molecule has 0 saturated carbocycles. The number of carbonyl (C=O) groups is 1. The summed E-state index contributed by atoms with van der Waals surface area (Å²) < 4.78 is 19.7. The minimum atomic E-state index is -0.434. The minimum absolute atomic E-state index is 0.305. The minimum Gasteiger partial charge on any atom is -0.462 e. The fourth-order valence-corrected chi connectivity index (χ4v) is 1.51. The number of aromatic nitrogens is 2. The predicted octanol–water partition coefficient (Wildman–Crippen LogP) is 2.50. The van der Waals surface area contributed by atoms with Crippen molar-refractivity contribution in [2.24, 2.45) is 0 Å². The van der Waals surface area contributed by atoms with E-state index in [2.05, 4.69) is 5.10 Å². The van der Waals surface area contributed by atoms with Crippen LogP contribution in [0.15, 0.2) is 30.6 Å². The Labute approximate surface area is 104 Å². The molecule has 0 spiro atoms. The van der Waals surface area contributed by atoms with Crippen molar-refractivity contribution in [2.45, 2.75) is 13.8 Å². The number of ether oxygens (including phenoxy) is 1. The highest BCUT2D eigenvalue weighted by molar-refractivity contribution is 5.88. The molecule has 0 aliphatic rings. The number of aryl methyl sites for hydroxylation is 1. The van der Waals surface area contributed by atoms with Gasteiger partial charge >= 0.3 is 5.97 Å². The average molecular weight is 248 g/mol. The van der Waals surface area contributed by atoms with E-state index in [1.807, 2.05) is 0 Å². The lowest BCUT2D eigenvalue weighted by Gasteiger charge is -2.02. The SMILES string of the molecule is CCOC(=O)c1cnn(-c2ccc(C)c(F)c2)c1. The zero-order valence-corrected chi connectivity index (χ0v) is 10.2. The van der Waals surface area contributed by atoms with Crippen molar-refractivity contribution < 1.29 is 13.9 Å². The lowest BCUT2D eigenvalue weighted by atomic mass is 10.2. The van der Waals surface area contributed by atoms with Crippen molar-refractivity contribution in [3.05, 3.63) is 47.5 Å². The number of carbonyl (C=O) groups excluding carboxylic acids is 1. The second-order valence-electron chi connectivity index (χ2n) is 3.83. The van der Waals surface area contributed by atoms with Gasteiger partial charge in [-0.2, -0.15) is 5.10 Å². The van der Waals surface area contributed by atoms with E-state index < -0.39 is 5.97 Å². The lowest BCUT2D eigenvalue weighted by Crippen LogP contribution is -2.03. The van der Waals surface area contributed by atoms with Crippen LogP contribution in [0.1, 0.15) is 22.8 Å². The number of rotatable bonds is 3. The van der Waals surface area contributed by atoms with Crippen LogP contribution in [-0.4, -0.2) is 22.4 Å². The maximum atomic E-state index is 13.4. The maximum Gasteiger partial charge on any atom is 0.341 e. The van der Waals surface area contributed by atoms with Crippen molar-refractivity contribution in [1.29, 1.82) is 0 Å². The van der Waals surface area contributed by atoms with Crippen LogP contribution < -0.4 is 0 Å². The van der Waals surface area contributed by atoms with Gasteiger partial charge in [-0.3, -0.25) is 0 Å². The number of hydrogen-bond donors (Lipinski definition) is 0. The Balaban J connectivity index is 2.29. The standard InChI is InChI=1S/C13H13FN2O2/c1-3-18-13(17)10-7-15-16(8-10)11-5-4-9(2)12(14)6-11/h4-8H,3H2,1-2H3. The molecule has 0 amide bonds. The first-order valence-corrected chi connectivity index (χ1v) is 5.60. The third-order valence-electron chi connectivity index (χ3n) is 2.51. The van der Waals surface area contributed by atoms with Gasteiger partial charge in [0, 0.05) is 6.20 Å². The molecule has 18 heavy (non-hydrogen) atoms. The lowest BCUT2D eigenvalue weighted by molar-refractivity contribution is 0.0526. The third kappa shape index (κ3) is 2.40.